The second-order valence-corrected chi connectivity index (χ2v) is 7.22. The van der Waals surface area contributed by atoms with Gasteiger partial charge in [0, 0.05) is 50.5 Å². The molecule has 3 heterocycles. The van der Waals surface area contributed by atoms with Crippen molar-refractivity contribution in [3.05, 3.63) is 29.0 Å². The highest BCUT2D eigenvalue weighted by atomic mass is 35.5. The van der Waals surface area contributed by atoms with E-state index in [1.165, 1.54) is 6.20 Å². The first-order valence-electron chi connectivity index (χ1n) is 9.01. The summed E-state index contributed by atoms with van der Waals surface area (Å²) in [6, 6.07) is 2.05. The predicted octanol–water partition coefficient (Wildman–Crippen LogP) is 1.18. The number of rotatable bonds is 5. The summed E-state index contributed by atoms with van der Waals surface area (Å²) >= 11 is 6.01. The fourth-order valence-electron chi connectivity index (χ4n) is 3.59. The Morgan fingerprint density at radius 3 is 2.77 bits per heavy atom. The Bertz CT molecular complexity index is 651. The molecule has 0 saturated carbocycles. The third-order valence-electron chi connectivity index (χ3n) is 5.27. The first kappa shape index (κ1) is 19.1. The molecule has 2 aliphatic rings. The quantitative estimate of drug-likeness (QED) is 0.830. The van der Waals surface area contributed by atoms with Gasteiger partial charge in [-0.3, -0.25) is 19.5 Å². The van der Waals surface area contributed by atoms with Crippen molar-refractivity contribution in [3.8, 4) is 0 Å². The van der Waals surface area contributed by atoms with Gasteiger partial charge in [-0.25, -0.2) is 0 Å². The average molecular weight is 381 g/mol. The summed E-state index contributed by atoms with van der Waals surface area (Å²) in [5.74, 6) is -0.00274. The fourth-order valence-corrected chi connectivity index (χ4v) is 3.80. The van der Waals surface area contributed by atoms with Crippen LogP contribution >= 0.6 is 11.6 Å². The zero-order valence-corrected chi connectivity index (χ0v) is 15.7. The van der Waals surface area contributed by atoms with Crippen LogP contribution in [0.1, 0.15) is 29.6 Å². The molecule has 0 unspecified atom stereocenters. The Balaban J connectivity index is 1.48. The van der Waals surface area contributed by atoms with Gasteiger partial charge in [-0.05, 0) is 26.0 Å². The van der Waals surface area contributed by atoms with Crippen molar-refractivity contribution in [1.29, 1.82) is 0 Å². The van der Waals surface area contributed by atoms with E-state index in [2.05, 4.69) is 15.2 Å². The van der Waals surface area contributed by atoms with Gasteiger partial charge in [0.1, 0.15) is 0 Å². The lowest BCUT2D eigenvalue weighted by Crippen LogP contribution is -2.45. The number of ether oxygens (including phenoxy) is 1. The minimum Gasteiger partial charge on any atom is -0.378 e. The van der Waals surface area contributed by atoms with Crippen LogP contribution in [0.2, 0.25) is 5.02 Å². The molecule has 0 aliphatic carbocycles. The molecule has 2 amide bonds. The average Bonchev–Trinajstić information content (AvgIpc) is 3.00. The molecule has 3 rings (SSSR count). The zero-order chi connectivity index (χ0) is 18.5. The SMILES string of the molecule is CN1[C@@H](CC(=O)N2CCOCC2)CC[C@H]1CNC(=O)c1ccncc1Cl. The third kappa shape index (κ3) is 4.52. The van der Waals surface area contributed by atoms with E-state index in [9.17, 15) is 9.59 Å². The first-order valence-corrected chi connectivity index (χ1v) is 9.39. The summed E-state index contributed by atoms with van der Waals surface area (Å²) in [4.78, 5) is 32.7. The van der Waals surface area contributed by atoms with Gasteiger partial charge in [0.2, 0.25) is 5.91 Å². The summed E-state index contributed by atoms with van der Waals surface area (Å²) in [7, 11) is 2.03. The Morgan fingerprint density at radius 2 is 2.04 bits per heavy atom. The molecule has 1 aromatic heterocycles. The molecule has 8 heteroatoms. The third-order valence-corrected chi connectivity index (χ3v) is 5.58. The molecule has 1 aromatic rings. The maximum absolute atomic E-state index is 12.4. The number of likely N-dealkylation sites (N-methyl/N-ethyl adjacent to an activating group) is 1. The van der Waals surface area contributed by atoms with Crippen LogP contribution in [-0.4, -0.2) is 78.6 Å². The van der Waals surface area contributed by atoms with Crippen molar-refractivity contribution in [3.63, 3.8) is 0 Å². The van der Waals surface area contributed by atoms with Crippen molar-refractivity contribution >= 4 is 23.4 Å². The van der Waals surface area contributed by atoms with E-state index in [-0.39, 0.29) is 23.9 Å². The maximum Gasteiger partial charge on any atom is 0.252 e. The lowest BCUT2D eigenvalue weighted by molar-refractivity contribution is -0.136. The number of carbonyl (C=O) groups is 2. The number of nitrogens with zero attached hydrogens (tertiary/aromatic N) is 3. The van der Waals surface area contributed by atoms with Gasteiger partial charge >= 0.3 is 0 Å². The number of morpholine rings is 1. The number of likely N-dealkylation sites (tertiary alicyclic amines) is 1. The van der Waals surface area contributed by atoms with Crippen LogP contribution in [0.25, 0.3) is 0 Å². The van der Waals surface area contributed by atoms with Crippen LogP contribution in [0.4, 0.5) is 0 Å². The van der Waals surface area contributed by atoms with Gasteiger partial charge in [0.15, 0.2) is 0 Å². The Labute approximate surface area is 158 Å². The normalized spacial score (nSPS) is 23.8. The number of amides is 2. The van der Waals surface area contributed by atoms with Gasteiger partial charge in [-0.15, -0.1) is 0 Å². The van der Waals surface area contributed by atoms with Crippen molar-refractivity contribution in [1.82, 2.24) is 20.1 Å². The molecule has 2 atom stereocenters. The van der Waals surface area contributed by atoms with Crippen molar-refractivity contribution < 1.29 is 14.3 Å². The summed E-state index contributed by atoms with van der Waals surface area (Å²) in [6.45, 7) is 3.15. The number of hydrogen-bond acceptors (Lipinski definition) is 5. The Hall–Kier alpha value is -1.70. The molecule has 0 aromatic carbocycles. The molecular weight excluding hydrogens is 356 g/mol. The molecule has 0 spiro atoms. The van der Waals surface area contributed by atoms with Gasteiger partial charge in [-0.2, -0.15) is 0 Å². The Morgan fingerprint density at radius 1 is 1.31 bits per heavy atom. The monoisotopic (exact) mass is 380 g/mol. The number of carbonyl (C=O) groups excluding carboxylic acids is 2. The molecule has 2 aliphatic heterocycles. The second kappa shape index (κ2) is 8.79. The molecule has 2 saturated heterocycles. The highest BCUT2D eigenvalue weighted by Crippen LogP contribution is 2.25. The van der Waals surface area contributed by atoms with E-state index in [0.717, 1.165) is 12.8 Å². The molecule has 0 radical (unpaired) electrons. The van der Waals surface area contributed by atoms with E-state index in [1.807, 2.05) is 11.9 Å². The van der Waals surface area contributed by atoms with Crippen LogP contribution in [0.3, 0.4) is 0 Å². The highest BCUT2D eigenvalue weighted by molar-refractivity contribution is 6.33. The zero-order valence-electron chi connectivity index (χ0n) is 15.0. The van der Waals surface area contributed by atoms with E-state index < -0.39 is 0 Å². The van der Waals surface area contributed by atoms with Gasteiger partial charge in [0.05, 0.1) is 23.8 Å². The van der Waals surface area contributed by atoms with Crippen LogP contribution in [0.15, 0.2) is 18.5 Å². The fraction of sp³-hybridized carbons (Fsp3) is 0.611. The van der Waals surface area contributed by atoms with Crippen LogP contribution in [0, 0.1) is 0 Å². The van der Waals surface area contributed by atoms with E-state index in [1.54, 1.807) is 12.3 Å². The Kier molecular flexibility index (Phi) is 6.45. The lowest BCUT2D eigenvalue weighted by atomic mass is 10.1. The van der Waals surface area contributed by atoms with Crippen LogP contribution in [-0.2, 0) is 9.53 Å². The minimum absolute atomic E-state index is 0.193. The van der Waals surface area contributed by atoms with Gasteiger partial charge in [0.25, 0.3) is 5.91 Å². The molecule has 7 nitrogen and oxygen atoms in total. The van der Waals surface area contributed by atoms with E-state index in [4.69, 9.17) is 16.3 Å². The van der Waals surface area contributed by atoms with Crippen molar-refractivity contribution in [2.24, 2.45) is 0 Å². The van der Waals surface area contributed by atoms with Gasteiger partial charge in [-0.1, -0.05) is 11.6 Å². The molecule has 2 fully saturated rings. The van der Waals surface area contributed by atoms with Gasteiger partial charge < -0.3 is 15.0 Å². The van der Waals surface area contributed by atoms with E-state index in [0.29, 0.717) is 49.9 Å². The predicted molar refractivity (Wildman–Crippen MR) is 98.2 cm³/mol. The number of halogens is 1. The summed E-state index contributed by atoms with van der Waals surface area (Å²) in [5, 5.41) is 3.29. The summed E-state index contributed by atoms with van der Waals surface area (Å²) in [5.41, 5.74) is 0.432. The van der Waals surface area contributed by atoms with Crippen LogP contribution in [0.5, 0.6) is 0 Å². The smallest absolute Gasteiger partial charge is 0.252 e. The van der Waals surface area contributed by atoms with Crippen molar-refractivity contribution in [2.75, 3.05) is 39.9 Å². The topological polar surface area (TPSA) is 74.8 Å². The molecule has 142 valence electrons. The summed E-state index contributed by atoms with van der Waals surface area (Å²) < 4.78 is 5.30. The van der Waals surface area contributed by atoms with Crippen LogP contribution < -0.4 is 5.32 Å². The molecule has 0 bridgehead atoms. The molecule has 1 N–H and O–H groups in total. The molecular formula is C18H25ClN4O3. The largest absolute Gasteiger partial charge is 0.378 e. The minimum atomic E-state index is -0.196. The van der Waals surface area contributed by atoms with Crippen molar-refractivity contribution in [2.45, 2.75) is 31.3 Å². The number of pyridine rings is 1. The van der Waals surface area contributed by atoms with E-state index >= 15 is 0 Å². The standard InChI is InChI=1S/C18H25ClN4O3/c1-22-13(10-17(24)23-6-8-26-9-7-23)2-3-14(22)11-21-18(25)15-4-5-20-12-16(15)19/h4-5,12-14H,2-3,6-11H2,1H3,(H,21,25)/t13-,14+/m1/s1. The second-order valence-electron chi connectivity index (χ2n) is 6.81. The molecule has 26 heavy (non-hydrogen) atoms. The lowest BCUT2D eigenvalue weighted by Gasteiger charge is -2.30. The highest BCUT2D eigenvalue weighted by Gasteiger charge is 2.33. The maximum atomic E-state index is 12.4. The number of aromatic nitrogens is 1. The summed E-state index contributed by atoms with van der Waals surface area (Å²) in [6.07, 6.45) is 5.46. The number of hydrogen-bond donors (Lipinski definition) is 1. The number of nitrogens with one attached hydrogen (secondary N) is 1. The first-order chi connectivity index (χ1) is 12.6.